The van der Waals surface area contributed by atoms with Crippen LogP contribution in [0.25, 0.3) is 0 Å². The lowest BCUT2D eigenvalue weighted by Crippen LogP contribution is -3.00. The first kappa shape index (κ1) is 66.1. The van der Waals surface area contributed by atoms with Gasteiger partial charge in [-0.15, -0.1) is 0 Å². The first-order valence-electron chi connectivity index (χ1n) is 25.9. The van der Waals surface area contributed by atoms with Gasteiger partial charge in [-0.3, -0.25) is 0 Å². The Hall–Kier alpha value is -4.72. The first-order chi connectivity index (χ1) is 37.8. The van der Waals surface area contributed by atoms with Crippen LogP contribution in [-0.4, -0.2) is 0 Å². The summed E-state index contributed by atoms with van der Waals surface area (Å²) in [5, 5.41) is 17.2. The van der Waals surface area contributed by atoms with Crippen LogP contribution in [0, 0.1) is 0 Å². The average molecular weight is 1560 g/mol. The highest BCUT2D eigenvalue weighted by Gasteiger charge is 2.27. The van der Waals surface area contributed by atoms with Gasteiger partial charge >= 0.3 is 0 Å². The maximum atomic E-state index is 2.24. The van der Waals surface area contributed by atoms with E-state index in [-0.39, 0.29) is 95.9 Å². The molecular weight excluding hydrogens is 1500 g/mol. The molecule has 0 N–H and O–H groups in total. The molecule has 0 heterocycles. The second-order valence-electron chi connectivity index (χ2n) is 17.9. The van der Waals surface area contributed by atoms with E-state index >= 15 is 0 Å². The maximum Gasteiger partial charge on any atom is 0.102 e. The van der Waals surface area contributed by atoms with Crippen LogP contribution in [0.4, 0.5) is 0 Å². The maximum absolute atomic E-state index is 2.24. The smallest absolute Gasteiger partial charge is 0.102 e. The third-order valence-corrected chi connectivity index (χ3v) is 23.7. The predicted molar refractivity (Wildman–Crippen MR) is 346 cm³/mol. The molecule has 12 rings (SSSR count). The van der Waals surface area contributed by atoms with E-state index < -0.39 is 31.7 Å². The summed E-state index contributed by atoms with van der Waals surface area (Å²) < 4.78 is 0. The van der Waals surface area contributed by atoms with Crippen molar-refractivity contribution in [2.75, 3.05) is 0 Å². The number of hydrogen-bond donors (Lipinski definition) is 0. The highest BCUT2D eigenvalue weighted by Crippen LogP contribution is 2.35. The van der Waals surface area contributed by atoms with E-state index in [1.54, 1.807) is 0 Å². The molecule has 0 saturated carbocycles. The second-order valence-corrected chi connectivity index (χ2v) is 27.8. The van der Waals surface area contributed by atoms with Gasteiger partial charge < -0.3 is 95.9 Å². The summed E-state index contributed by atoms with van der Waals surface area (Å²) in [6, 6.07) is 130. The molecule has 0 radical (unpaired) electrons. The van der Waals surface area contributed by atoms with Gasteiger partial charge in [0.1, 0.15) is 63.7 Å². The van der Waals surface area contributed by atoms with E-state index in [2.05, 4.69) is 364 Å². The molecule has 0 aliphatic carbocycles. The Morgan fingerprint density at radius 2 is 0.163 bits per heavy atom. The summed E-state index contributed by atoms with van der Waals surface area (Å²) in [5.41, 5.74) is 0. The van der Waals surface area contributed by atoms with Gasteiger partial charge in [-0.25, -0.2) is 0 Å². The Bertz CT molecular complexity index is 2590. The molecule has 80 heavy (non-hydrogen) atoms. The Morgan fingerprint density at radius 3 is 0.225 bits per heavy atom. The van der Waals surface area contributed by atoms with Gasteiger partial charge in [0.25, 0.3) is 0 Å². The highest BCUT2D eigenvalue weighted by atomic mass is 127. The van der Waals surface area contributed by atoms with Crippen LogP contribution in [0.3, 0.4) is 0 Å². The molecule has 12 aromatic rings. The number of hydrogen-bond acceptors (Lipinski definition) is 0. The summed E-state index contributed by atoms with van der Waals surface area (Å²) in [7, 11) is -3.51. The van der Waals surface area contributed by atoms with Crippen LogP contribution in [-0.2, 0) is 0 Å². The van der Waals surface area contributed by atoms with Crippen molar-refractivity contribution in [2.45, 2.75) is 0 Å². The fraction of sp³-hybridized carbons (Fsp3) is 0. The summed E-state index contributed by atoms with van der Waals surface area (Å²) in [6.45, 7) is 0. The van der Waals surface area contributed by atoms with E-state index in [1.165, 1.54) is 63.7 Å². The van der Waals surface area contributed by atoms with E-state index in [4.69, 9.17) is 0 Å². The molecule has 0 aliphatic rings. The molecule has 8 heteroatoms. The topological polar surface area (TPSA) is 0 Å². The molecule has 0 bridgehead atoms. The number of halogens is 4. The van der Waals surface area contributed by atoms with Crippen LogP contribution in [0.15, 0.2) is 364 Å². The molecule has 400 valence electrons. The van der Waals surface area contributed by atoms with Crippen molar-refractivity contribution in [1.29, 1.82) is 0 Å². The molecule has 0 saturated heterocycles. The number of rotatable bonds is 12. The van der Waals surface area contributed by atoms with Crippen molar-refractivity contribution >= 4 is 95.3 Å². The standard InChI is InChI=1S/4C18H15P.4HI/c4*1-4-10-16(11-5-1)19(17-12-6-2-7-13-17)18-14-8-3-9-15-18;;;;/h4*1-15H;4*1H. The van der Waals surface area contributed by atoms with Crippen molar-refractivity contribution in [2.24, 2.45) is 0 Å². The average Bonchev–Trinajstić information content (AvgIpc) is 3.52. The summed E-state index contributed by atoms with van der Waals surface area (Å²) in [5.74, 6) is 0. The minimum absolute atomic E-state index is 0. The normalized spacial score (nSPS) is 10.1. The minimum atomic E-state index is -0.877. The van der Waals surface area contributed by atoms with Gasteiger partial charge in [0.05, 0.1) is 31.7 Å². The zero-order chi connectivity index (χ0) is 51.7. The van der Waals surface area contributed by atoms with Crippen molar-refractivity contribution in [1.82, 2.24) is 0 Å². The van der Waals surface area contributed by atoms with Gasteiger partial charge in [-0.05, 0) is 146 Å². The molecule has 12 aromatic carbocycles. The molecule has 0 unspecified atom stereocenters. The van der Waals surface area contributed by atoms with Crippen molar-refractivity contribution in [3.63, 3.8) is 0 Å². The zero-order valence-corrected chi connectivity index (χ0v) is 56.8. The quantitative estimate of drug-likeness (QED) is 0.125. The van der Waals surface area contributed by atoms with Gasteiger partial charge in [0.15, 0.2) is 0 Å². The molecule has 0 nitrogen and oxygen atoms in total. The van der Waals surface area contributed by atoms with Crippen LogP contribution >= 0.6 is 31.7 Å². The summed E-state index contributed by atoms with van der Waals surface area (Å²) in [6.07, 6.45) is 0. The summed E-state index contributed by atoms with van der Waals surface area (Å²) in [4.78, 5) is 0. The third-order valence-electron chi connectivity index (χ3n) is 12.7. The van der Waals surface area contributed by atoms with Gasteiger partial charge in [-0.1, -0.05) is 218 Å². The van der Waals surface area contributed by atoms with Gasteiger partial charge in [0, 0.05) is 0 Å². The van der Waals surface area contributed by atoms with E-state index in [0.717, 1.165) is 0 Å². The fourth-order valence-electron chi connectivity index (χ4n) is 9.26. The predicted octanol–water partition coefficient (Wildman–Crippen LogP) is 0.724. The minimum Gasteiger partial charge on any atom is -1.00 e. The van der Waals surface area contributed by atoms with Gasteiger partial charge in [-0.2, -0.15) is 0 Å². The fourth-order valence-corrected chi connectivity index (χ4v) is 19.6. The van der Waals surface area contributed by atoms with E-state index in [9.17, 15) is 0 Å². The Morgan fingerprint density at radius 1 is 0.100 bits per heavy atom. The lowest BCUT2D eigenvalue weighted by Gasteiger charge is -2.10. The van der Waals surface area contributed by atoms with Gasteiger partial charge in [0.2, 0.25) is 0 Å². The molecule has 0 aromatic heterocycles. The van der Waals surface area contributed by atoms with E-state index in [1.807, 2.05) is 0 Å². The Balaban J connectivity index is 0.000000193. The molecule has 0 atom stereocenters. The third kappa shape index (κ3) is 19.7. The lowest BCUT2D eigenvalue weighted by atomic mass is 10.4. The van der Waals surface area contributed by atoms with Crippen molar-refractivity contribution in [3.8, 4) is 0 Å². The molecule has 0 fully saturated rings. The van der Waals surface area contributed by atoms with Crippen LogP contribution in [0.2, 0.25) is 0 Å². The highest BCUT2D eigenvalue weighted by molar-refractivity contribution is 7.81. The largest absolute Gasteiger partial charge is 1.00 e. The molecule has 0 aliphatic heterocycles. The summed E-state index contributed by atoms with van der Waals surface area (Å²) >= 11 is 0. The van der Waals surface area contributed by atoms with Crippen molar-refractivity contribution in [3.05, 3.63) is 364 Å². The van der Waals surface area contributed by atoms with Crippen LogP contribution < -0.4 is 160 Å². The lowest BCUT2D eigenvalue weighted by molar-refractivity contribution is -0.00100. The van der Waals surface area contributed by atoms with Crippen LogP contribution in [0.5, 0.6) is 0 Å². The van der Waals surface area contributed by atoms with Crippen LogP contribution in [0.1, 0.15) is 0 Å². The zero-order valence-electron chi connectivity index (χ0n) is 44.2. The monoisotopic (exact) mass is 1560 g/mol. The SMILES string of the molecule is [I-].[I-].[I-].[I-].c1ccc([PH+](c2ccccc2)c2ccccc2)cc1.c1ccc([PH+](c2ccccc2)c2ccccc2)cc1.c1ccc([PH+](c2ccccc2)c2ccccc2)cc1.c1ccc([PH+](c2ccccc2)c2ccccc2)cc1. The molecule has 0 spiro atoms. The Labute approximate surface area is 549 Å². The number of benzene rings is 12. The first-order valence-corrected chi connectivity index (χ1v) is 31.9. The second kappa shape index (κ2) is 37.4. The van der Waals surface area contributed by atoms with Crippen molar-refractivity contribution < 1.29 is 95.9 Å². The van der Waals surface area contributed by atoms with E-state index in [0.29, 0.717) is 0 Å². The Kier molecular flexibility index (Phi) is 30.9. The molecule has 0 amide bonds. The molecular formula is C72H64I4P4.